The third kappa shape index (κ3) is 4.27. The Bertz CT molecular complexity index is 511. The molecule has 0 N–H and O–H groups in total. The van der Waals surface area contributed by atoms with E-state index in [0.29, 0.717) is 27.6 Å². The molecule has 5 heteroatoms. The van der Waals surface area contributed by atoms with E-state index in [4.69, 9.17) is 27.9 Å². The van der Waals surface area contributed by atoms with Gasteiger partial charge in [-0.2, -0.15) is 0 Å². The largest absolute Gasteiger partial charge is 0.479 e. The van der Waals surface area contributed by atoms with Gasteiger partial charge < -0.3 is 9.64 Å². The Morgan fingerprint density at radius 1 is 1.29 bits per heavy atom. The Kier molecular flexibility index (Phi) is 5.39. The van der Waals surface area contributed by atoms with Crippen LogP contribution in [0.1, 0.15) is 27.2 Å². The van der Waals surface area contributed by atoms with E-state index < -0.39 is 6.10 Å². The molecule has 0 unspecified atom stereocenters. The highest BCUT2D eigenvalue weighted by Gasteiger charge is 2.29. The van der Waals surface area contributed by atoms with Crippen LogP contribution in [0, 0.1) is 11.8 Å². The van der Waals surface area contributed by atoms with Gasteiger partial charge in [0.2, 0.25) is 0 Å². The molecule has 1 aromatic carbocycles. The van der Waals surface area contributed by atoms with Gasteiger partial charge in [-0.05, 0) is 43.4 Å². The maximum absolute atomic E-state index is 12.5. The van der Waals surface area contributed by atoms with Crippen molar-refractivity contribution in [2.45, 2.75) is 33.3 Å². The summed E-state index contributed by atoms with van der Waals surface area (Å²) < 4.78 is 5.70. The Balaban J connectivity index is 2.02. The highest BCUT2D eigenvalue weighted by atomic mass is 35.5. The predicted octanol–water partition coefficient (Wildman–Crippen LogP) is 4.27. The number of rotatable bonds is 3. The fraction of sp³-hybridized carbons (Fsp3) is 0.562. The van der Waals surface area contributed by atoms with Gasteiger partial charge in [-0.1, -0.05) is 37.0 Å². The standard InChI is InChI=1S/C16H21Cl2NO2/c1-10-6-11(2)9-19(8-10)16(20)12(3)21-15-5-4-13(17)7-14(15)18/h4-5,7,10-12H,6,8-9H2,1-3H3/t10-,11-,12-/m1/s1. The van der Waals surface area contributed by atoms with Crippen molar-refractivity contribution in [3.8, 4) is 5.75 Å². The summed E-state index contributed by atoms with van der Waals surface area (Å²) in [5, 5.41) is 0.965. The van der Waals surface area contributed by atoms with Crippen molar-refractivity contribution in [1.82, 2.24) is 4.90 Å². The summed E-state index contributed by atoms with van der Waals surface area (Å²) in [5.41, 5.74) is 0. The average molecular weight is 330 g/mol. The molecule has 0 saturated carbocycles. The van der Waals surface area contributed by atoms with Crippen LogP contribution in [0.25, 0.3) is 0 Å². The number of likely N-dealkylation sites (tertiary alicyclic amines) is 1. The minimum atomic E-state index is -0.554. The van der Waals surface area contributed by atoms with Crippen LogP contribution in [0.3, 0.4) is 0 Å². The lowest BCUT2D eigenvalue weighted by Crippen LogP contribution is -2.47. The van der Waals surface area contributed by atoms with Crippen molar-refractivity contribution in [2.75, 3.05) is 13.1 Å². The van der Waals surface area contributed by atoms with Crippen LogP contribution in [-0.2, 0) is 4.79 Å². The van der Waals surface area contributed by atoms with Crippen LogP contribution in [-0.4, -0.2) is 30.0 Å². The summed E-state index contributed by atoms with van der Waals surface area (Å²) in [6.07, 6.45) is 0.614. The molecule has 1 amide bonds. The molecule has 1 aliphatic rings. The SMILES string of the molecule is C[C@@H]1C[C@@H](C)CN(C(=O)[C@@H](C)Oc2ccc(Cl)cc2Cl)C1. The van der Waals surface area contributed by atoms with Crippen LogP contribution >= 0.6 is 23.2 Å². The number of carbonyl (C=O) groups excluding carboxylic acids is 1. The van der Waals surface area contributed by atoms with Crippen LogP contribution < -0.4 is 4.74 Å². The highest BCUT2D eigenvalue weighted by Crippen LogP contribution is 2.29. The molecule has 21 heavy (non-hydrogen) atoms. The third-order valence-corrected chi connectivity index (χ3v) is 4.26. The molecular weight excluding hydrogens is 309 g/mol. The van der Waals surface area contributed by atoms with E-state index in [-0.39, 0.29) is 5.91 Å². The van der Waals surface area contributed by atoms with Gasteiger partial charge in [0.15, 0.2) is 6.10 Å². The molecule has 1 saturated heterocycles. The van der Waals surface area contributed by atoms with Crippen molar-refractivity contribution in [1.29, 1.82) is 0 Å². The Labute approximate surface area is 136 Å². The molecule has 0 radical (unpaired) electrons. The minimum Gasteiger partial charge on any atom is -0.479 e. The number of nitrogens with zero attached hydrogens (tertiary/aromatic N) is 1. The van der Waals surface area contributed by atoms with Crippen LogP contribution in [0.15, 0.2) is 18.2 Å². The monoisotopic (exact) mass is 329 g/mol. The summed E-state index contributed by atoms with van der Waals surface area (Å²) in [6, 6.07) is 5.00. The summed E-state index contributed by atoms with van der Waals surface area (Å²) in [5.74, 6) is 1.56. The first kappa shape index (κ1) is 16.4. The van der Waals surface area contributed by atoms with Crippen molar-refractivity contribution in [2.24, 2.45) is 11.8 Å². The van der Waals surface area contributed by atoms with Gasteiger partial charge in [0.05, 0.1) is 5.02 Å². The Morgan fingerprint density at radius 3 is 2.48 bits per heavy atom. The molecule has 0 spiro atoms. The lowest BCUT2D eigenvalue weighted by Gasteiger charge is -2.36. The first-order valence-electron chi connectivity index (χ1n) is 7.27. The van der Waals surface area contributed by atoms with E-state index >= 15 is 0 Å². The molecule has 1 aliphatic heterocycles. The van der Waals surface area contributed by atoms with E-state index in [2.05, 4.69) is 13.8 Å². The van der Waals surface area contributed by atoms with Crippen LogP contribution in [0.4, 0.5) is 0 Å². The van der Waals surface area contributed by atoms with Gasteiger partial charge in [-0.25, -0.2) is 0 Å². The summed E-state index contributed by atoms with van der Waals surface area (Å²) in [7, 11) is 0. The number of hydrogen-bond donors (Lipinski definition) is 0. The number of carbonyl (C=O) groups is 1. The molecule has 0 bridgehead atoms. The van der Waals surface area contributed by atoms with Crippen molar-refractivity contribution < 1.29 is 9.53 Å². The average Bonchev–Trinajstić information content (AvgIpc) is 2.40. The molecule has 1 fully saturated rings. The second-order valence-corrected chi connectivity index (χ2v) is 6.87. The number of piperidine rings is 1. The zero-order chi connectivity index (χ0) is 15.6. The molecule has 3 atom stereocenters. The van der Waals surface area contributed by atoms with Crippen molar-refractivity contribution in [3.05, 3.63) is 28.2 Å². The Morgan fingerprint density at radius 2 is 1.90 bits per heavy atom. The Hall–Kier alpha value is -0.930. The summed E-state index contributed by atoms with van der Waals surface area (Å²) in [4.78, 5) is 14.4. The van der Waals surface area contributed by atoms with E-state index in [1.807, 2.05) is 4.90 Å². The number of amides is 1. The smallest absolute Gasteiger partial charge is 0.263 e. The normalized spacial score (nSPS) is 23.8. The summed E-state index contributed by atoms with van der Waals surface area (Å²) in [6.45, 7) is 7.71. The molecule has 1 heterocycles. The zero-order valence-corrected chi connectivity index (χ0v) is 14.1. The highest BCUT2D eigenvalue weighted by molar-refractivity contribution is 6.35. The first-order valence-corrected chi connectivity index (χ1v) is 8.03. The summed E-state index contributed by atoms with van der Waals surface area (Å²) >= 11 is 11.9. The molecule has 2 rings (SSSR count). The predicted molar refractivity (Wildman–Crippen MR) is 86.1 cm³/mol. The minimum absolute atomic E-state index is 0.0133. The maximum atomic E-state index is 12.5. The number of benzene rings is 1. The van der Waals surface area contributed by atoms with E-state index in [1.165, 1.54) is 6.42 Å². The van der Waals surface area contributed by atoms with E-state index in [9.17, 15) is 4.79 Å². The van der Waals surface area contributed by atoms with Gasteiger partial charge in [0.1, 0.15) is 5.75 Å². The fourth-order valence-corrected chi connectivity index (χ4v) is 3.36. The molecular formula is C16H21Cl2NO2. The van der Waals surface area contributed by atoms with Gasteiger partial charge in [0.25, 0.3) is 5.91 Å². The lowest BCUT2D eigenvalue weighted by molar-refractivity contribution is -0.140. The molecule has 0 aliphatic carbocycles. The number of halogens is 2. The number of ether oxygens (including phenoxy) is 1. The second-order valence-electron chi connectivity index (χ2n) is 6.02. The van der Waals surface area contributed by atoms with E-state index in [0.717, 1.165) is 13.1 Å². The zero-order valence-electron chi connectivity index (χ0n) is 12.6. The first-order chi connectivity index (χ1) is 9.86. The number of hydrogen-bond acceptors (Lipinski definition) is 2. The maximum Gasteiger partial charge on any atom is 0.263 e. The van der Waals surface area contributed by atoms with E-state index in [1.54, 1.807) is 25.1 Å². The second kappa shape index (κ2) is 6.89. The van der Waals surface area contributed by atoms with Crippen LogP contribution in [0.5, 0.6) is 5.75 Å². The van der Waals surface area contributed by atoms with Gasteiger partial charge in [-0.15, -0.1) is 0 Å². The fourth-order valence-electron chi connectivity index (χ4n) is 2.91. The van der Waals surface area contributed by atoms with Crippen molar-refractivity contribution in [3.63, 3.8) is 0 Å². The lowest BCUT2D eigenvalue weighted by atomic mass is 9.91. The van der Waals surface area contributed by atoms with Gasteiger partial charge >= 0.3 is 0 Å². The molecule has 3 nitrogen and oxygen atoms in total. The topological polar surface area (TPSA) is 29.5 Å². The quantitative estimate of drug-likeness (QED) is 0.828. The van der Waals surface area contributed by atoms with Gasteiger partial charge in [-0.3, -0.25) is 4.79 Å². The molecule has 0 aromatic heterocycles. The third-order valence-electron chi connectivity index (χ3n) is 3.73. The molecule has 1 aromatic rings. The van der Waals surface area contributed by atoms with Crippen molar-refractivity contribution >= 4 is 29.1 Å². The molecule has 116 valence electrons. The van der Waals surface area contributed by atoms with Crippen LogP contribution in [0.2, 0.25) is 10.0 Å². The van der Waals surface area contributed by atoms with Gasteiger partial charge in [0, 0.05) is 18.1 Å².